The summed E-state index contributed by atoms with van der Waals surface area (Å²) in [5.74, 6) is -0.987. The van der Waals surface area contributed by atoms with Crippen molar-refractivity contribution < 1.29 is 23.9 Å². The Morgan fingerprint density at radius 3 is 2.84 bits per heavy atom. The minimum atomic E-state index is -0.948. The summed E-state index contributed by atoms with van der Waals surface area (Å²) >= 11 is 1.47. The summed E-state index contributed by atoms with van der Waals surface area (Å²) in [6.45, 7) is 2.09. The SMILES string of the molecule is COC(=O)C1=NC(=O)[C@@H]2C[C@@H](Oc3nc(-c4ccccn4)nc4c(C)csc34)CN2C(=O)[C@@H](N)CCCCC=C=C[C@@H]2CC12. The van der Waals surface area contributed by atoms with Gasteiger partial charge < -0.3 is 20.1 Å². The Morgan fingerprint density at radius 1 is 1.18 bits per heavy atom. The maximum Gasteiger partial charge on any atom is 0.352 e. The van der Waals surface area contributed by atoms with E-state index in [0.717, 1.165) is 35.0 Å². The molecule has 5 atom stereocenters. The molecule has 2 N–H and O–H groups in total. The molecule has 2 fully saturated rings. The summed E-state index contributed by atoms with van der Waals surface area (Å²) < 4.78 is 12.2. The maximum absolute atomic E-state index is 13.7. The number of fused-ring (bicyclic) bond motifs is 3. The van der Waals surface area contributed by atoms with Gasteiger partial charge in [0.1, 0.15) is 28.3 Å². The zero-order valence-corrected chi connectivity index (χ0v) is 25.5. The van der Waals surface area contributed by atoms with E-state index in [1.165, 1.54) is 23.3 Å². The number of allylic oxidation sites excluding steroid dienone is 1. The zero-order valence-electron chi connectivity index (χ0n) is 24.6. The molecule has 3 aliphatic rings. The third-order valence-corrected chi connectivity index (χ3v) is 9.31. The number of aromatic nitrogens is 3. The van der Waals surface area contributed by atoms with Gasteiger partial charge in [-0.05, 0) is 73.8 Å². The van der Waals surface area contributed by atoms with E-state index in [2.05, 4.69) is 15.7 Å². The van der Waals surface area contributed by atoms with Crippen molar-refractivity contribution in [1.29, 1.82) is 0 Å². The number of nitrogens with zero attached hydrogens (tertiary/aromatic N) is 5. The van der Waals surface area contributed by atoms with Crippen molar-refractivity contribution in [1.82, 2.24) is 19.9 Å². The molecule has 2 aliphatic heterocycles. The van der Waals surface area contributed by atoms with E-state index in [9.17, 15) is 14.4 Å². The van der Waals surface area contributed by atoms with Gasteiger partial charge in [-0.25, -0.2) is 14.8 Å². The van der Waals surface area contributed by atoms with Crippen molar-refractivity contribution >= 4 is 45.0 Å². The first-order valence-electron chi connectivity index (χ1n) is 14.9. The highest BCUT2D eigenvalue weighted by atomic mass is 32.1. The summed E-state index contributed by atoms with van der Waals surface area (Å²) in [7, 11) is 1.27. The Kier molecular flexibility index (Phi) is 8.65. The Bertz CT molecular complexity index is 1680. The van der Waals surface area contributed by atoms with Gasteiger partial charge in [0, 0.05) is 18.5 Å². The van der Waals surface area contributed by atoms with Crippen molar-refractivity contribution in [3.63, 3.8) is 0 Å². The highest BCUT2D eigenvalue weighted by Gasteiger charge is 2.46. The second kappa shape index (κ2) is 12.8. The van der Waals surface area contributed by atoms with Crippen LogP contribution < -0.4 is 10.5 Å². The molecule has 6 rings (SSSR count). The van der Waals surface area contributed by atoms with Crippen molar-refractivity contribution in [3.8, 4) is 17.4 Å². The summed E-state index contributed by atoms with van der Waals surface area (Å²) in [6, 6.07) is 3.78. The lowest BCUT2D eigenvalue weighted by Gasteiger charge is -2.25. The second-order valence-corrected chi connectivity index (χ2v) is 12.3. The zero-order chi connectivity index (χ0) is 30.8. The van der Waals surface area contributed by atoms with E-state index >= 15 is 0 Å². The van der Waals surface area contributed by atoms with E-state index in [0.29, 0.717) is 30.2 Å². The number of carbonyl (C=O) groups is 3. The number of thiophene rings is 1. The number of nitrogens with two attached hydrogens (primary N) is 1. The molecule has 3 aromatic rings. The first-order valence-corrected chi connectivity index (χ1v) is 15.7. The smallest absolute Gasteiger partial charge is 0.352 e. The Balaban J connectivity index is 1.33. The average molecular weight is 615 g/mol. The second-order valence-electron chi connectivity index (χ2n) is 11.4. The van der Waals surface area contributed by atoms with Crippen LogP contribution in [0.4, 0.5) is 0 Å². The van der Waals surface area contributed by atoms with Gasteiger partial charge >= 0.3 is 5.97 Å². The van der Waals surface area contributed by atoms with Crippen LogP contribution in [0.2, 0.25) is 0 Å². The predicted octanol–water partition coefficient (Wildman–Crippen LogP) is 3.80. The minimum absolute atomic E-state index is 0.0540. The van der Waals surface area contributed by atoms with Crippen LogP contribution >= 0.6 is 11.3 Å². The molecule has 0 radical (unpaired) electrons. The Hall–Kier alpha value is -4.25. The largest absolute Gasteiger partial charge is 0.471 e. The van der Waals surface area contributed by atoms with Gasteiger partial charge in [-0.2, -0.15) is 4.98 Å². The number of rotatable bonds is 4. The number of aryl methyl sites for hydroxylation is 1. The average Bonchev–Trinajstić information content (AvgIpc) is 3.51. The number of carbonyl (C=O) groups excluding carboxylic acids is 3. The Labute approximate surface area is 258 Å². The molecule has 0 bridgehead atoms. The van der Waals surface area contributed by atoms with Crippen LogP contribution in [0.15, 0.2) is 52.7 Å². The van der Waals surface area contributed by atoms with Gasteiger partial charge in [-0.3, -0.25) is 14.6 Å². The van der Waals surface area contributed by atoms with Crippen molar-refractivity contribution in [2.24, 2.45) is 22.6 Å². The van der Waals surface area contributed by atoms with Gasteiger partial charge in [0.05, 0.1) is 25.2 Å². The van der Waals surface area contributed by atoms with Gasteiger partial charge in [0.25, 0.3) is 5.91 Å². The molecule has 1 unspecified atom stereocenters. The predicted molar refractivity (Wildman–Crippen MR) is 165 cm³/mol. The fourth-order valence-electron chi connectivity index (χ4n) is 5.73. The summed E-state index contributed by atoms with van der Waals surface area (Å²) in [6.07, 6.45) is 8.74. The number of hydrogen-bond donors (Lipinski definition) is 1. The molecule has 11 nitrogen and oxygen atoms in total. The molecule has 3 aromatic heterocycles. The summed E-state index contributed by atoms with van der Waals surface area (Å²) in [5, 5.41) is 1.99. The molecule has 44 heavy (non-hydrogen) atoms. The molecule has 2 amide bonds. The molecule has 0 spiro atoms. The van der Waals surface area contributed by atoms with E-state index < -0.39 is 30.1 Å². The van der Waals surface area contributed by atoms with Crippen LogP contribution in [0.5, 0.6) is 5.88 Å². The number of pyridine rings is 1. The molecule has 0 aromatic carbocycles. The van der Waals surface area contributed by atoms with Crippen LogP contribution in [0.3, 0.4) is 0 Å². The van der Waals surface area contributed by atoms with Gasteiger partial charge in [-0.15, -0.1) is 17.1 Å². The first-order chi connectivity index (χ1) is 21.3. The molecule has 228 valence electrons. The van der Waals surface area contributed by atoms with E-state index in [1.807, 2.05) is 42.7 Å². The highest BCUT2D eigenvalue weighted by molar-refractivity contribution is 7.17. The monoisotopic (exact) mass is 614 g/mol. The van der Waals surface area contributed by atoms with Crippen LogP contribution in [-0.2, 0) is 19.1 Å². The number of ether oxygens (including phenoxy) is 2. The number of methoxy groups -OCH3 is 1. The van der Waals surface area contributed by atoms with Crippen molar-refractivity contribution in [2.45, 2.75) is 63.6 Å². The molecule has 1 aliphatic carbocycles. The standard InChI is InChI=1S/C32H34N6O5S/c1-18-17-44-27-25(18)35-28(23-12-8-9-13-34-23)37-30(27)43-20-15-24-29(39)36-26(32(41)42-2)21-14-19(21)10-6-4-3-5-7-11-22(33)31(40)38(24)16-20/h4,8-10,12-13,17,19-22,24H,3,5,7,11,14-16,33H2,1-2H3/t6?,19-,20-,21?,22+,24+/m1/s1. The van der Waals surface area contributed by atoms with Crippen LogP contribution in [0, 0.1) is 18.8 Å². The number of amides is 2. The summed E-state index contributed by atoms with van der Waals surface area (Å²) in [5.41, 5.74) is 12.0. The molecule has 1 saturated heterocycles. The minimum Gasteiger partial charge on any atom is -0.471 e. The molecular weight excluding hydrogens is 580 g/mol. The van der Waals surface area contributed by atoms with Gasteiger partial charge in [0.2, 0.25) is 11.8 Å². The number of aliphatic imine (C=N–C) groups is 1. The Morgan fingerprint density at radius 2 is 2.05 bits per heavy atom. The van der Waals surface area contributed by atoms with Crippen molar-refractivity contribution in [2.75, 3.05) is 13.7 Å². The third kappa shape index (κ3) is 6.19. The third-order valence-electron chi connectivity index (χ3n) is 8.24. The normalized spacial score (nSPS) is 25.8. The lowest BCUT2D eigenvalue weighted by atomic mass is 10.1. The lowest BCUT2D eigenvalue weighted by molar-refractivity contribution is -0.138. The topological polar surface area (TPSA) is 150 Å². The highest BCUT2D eigenvalue weighted by Crippen LogP contribution is 2.41. The molecule has 1 saturated carbocycles. The summed E-state index contributed by atoms with van der Waals surface area (Å²) in [4.78, 5) is 59.7. The van der Waals surface area contributed by atoms with Crippen LogP contribution in [0.1, 0.15) is 44.1 Å². The van der Waals surface area contributed by atoms with Crippen LogP contribution in [-0.4, -0.2) is 75.2 Å². The van der Waals surface area contributed by atoms with Gasteiger partial charge in [-0.1, -0.05) is 12.5 Å². The molecule has 5 heterocycles. The quantitative estimate of drug-likeness (QED) is 0.342. The fraction of sp³-hybridized carbons (Fsp3) is 0.438. The van der Waals surface area contributed by atoms with E-state index in [4.69, 9.17) is 25.2 Å². The maximum atomic E-state index is 13.7. The van der Waals surface area contributed by atoms with E-state index in [-0.39, 0.29) is 36.4 Å². The van der Waals surface area contributed by atoms with Crippen molar-refractivity contribution in [3.05, 3.63) is 53.2 Å². The fourth-order valence-corrected chi connectivity index (χ4v) is 6.65. The molecular formula is C32H34N6O5S. The van der Waals surface area contributed by atoms with Gasteiger partial charge in [0.15, 0.2) is 5.82 Å². The number of esters is 1. The lowest BCUT2D eigenvalue weighted by Crippen LogP contribution is -2.48. The van der Waals surface area contributed by atoms with Crippen LogP contribution in [0.25, 0.3) is 21.7 Å². The first kappa shape index (κ1) is 29.8. The molecule has 12 heteroatoms. The number of hydrogen-bond acceptors (Lipinski definition) is 10. The van der Waals surface area contributed by atoms with E-state index in [1.54, 1.807) is 6.20 Å².